The normalized spacial score (nSPS) is 21.0. The summed E-state index contributed by atoms with van der Waals surface area (Å²) in [5, 5.41) is 0. The second-order valence-electron chi connectivity index (χ2n) is 3.35. The zero-order chi connectivity index (χ0) is 9.30. The van der Waals surface area contributed by atoms with E-state index in [0.29, 0.717) is 11.1 Å². The first-order valence-corrected chi connectivity index (χ1v) is 4.01. The van der Waals surface area contributed by atoms with Crippen molar-refractivity contribution in [2.75, 3.05) is 0 Å². The van der Waals surface area contributed by atoms with Gasteiger partial charge in [0.1, 0.15) is 0 Å². The molecule has 0 atom stereocenters. The van der Waals surface area contributed by atoms with E-state index in [0.717, 1.165) is 0 Å². The molecule has 0 spiro atoms. The predicted molar refractivity (Wildman–Crippen MR) is 46.7 cm³/mol. The number of hydrogen-bond acceptors (Lipinski definition) is 2. The summed E-state index contributed by atoms with van der Waals surface area (Å²) >= 11 is 0. The average Bonchev–Trinajstić information content (AvgIpc) is 2.16. The number of carbonyl (C=O) groups is 2. The maximum atomic E-state index is 11.3. The largest absolute Gasteiger partial charge is 0.289 e. The molecule has 1 aliphatic carbocycles. The Kier molecular flexibility index (Phi) is 2.27. The Morgan fingerprint density at radius 2 is 1.92 bits per heavy atom. The van der Waals surface area contributed by atoms with Crippen LogP contribution in [0.5, 0.6) is 0 Å². The van der Waals surface area contributed by atoms with Crippen LogP contribution in [0.3, 0.4) is 0 Å². The number of ketones is 2. The van der Waals surface area contributed by atoms with Crippen LogP contribution in [0.25, 0.3) is 0 Å². The van der Waals surface area contributed by atoms with Crippen molar-refractivity contribution >= 4 is 11.6 Å². The molecule has 0 aromatic rings. The summed E-state index contributed by atoms with van der Waals surface area (Å²) in [6, 6.07) is 0. The van der Waals surface area contributed by atoms with Crippen LogP contribution in [0.1, 0.15) is 20.8 Å². The lowest BCUT2D eigenvalue weighted by molar-refractivity contribution is -0.115. The van der Waals surface area contributed by atoms with Crippen LogP contribution >= 0.6 is 0 Å². The van der Waals surface area contributed by atoms with Crippen LogP contribution in [0.4, 0.5) is 0 Å². The zero-order valence-corrected chi connectivity index (χ0v) is 7.55. The van der Waals surface area contributed by atoms with Gasteiger partial charge in [0.05, 0.1) is 5.57 Å². The molecule has 0 saturated carbocycles. The second-order valence-corrected chi connectivity index (χ2v) is 3.35. The molecular formula is C10H12O2. The summed E-state index contributed by atoms with van der Waals surface area (Å²) in [7, 11) is 0. The molecular weight excluding hydrogens is 152 g/mol. The van der Waals surface area contributed by atoms with E-state index < -0.39 is 0 Å². The SMILES string of the molecule is CC1=CC(=O)/C(=C\C(C)C)C1=O. The van der Waals surface area contributed by atoms with Gasteiger partial charge >= 0.3 is 0 Å². The van der Waals surface area contributed by atoms with Gasteiger partial charge in [-0.25, -0.2) is 0 Å². The molecule has 0 saturated heterocycles. The lowest BCUT2D eigenvalue weighted by Crippen LogP contribution is -2.04. The minimum Gasteiger partial charge on any atom is -0.289 e. The van der Waals surface area contributed by atoms with E-state index in [1.165, 1.54) is 6.08 Å². The molecule has 0 unspecified atom stereocenters. The first kappa shape index (κ1) is 8.91. The molecule has 0 bridgehead atoms. The molecule has 1 aliphatic rings. The van der Waals surface area contributed by atoms with Crippen molar-refractivity contribution in [2.45, 2.75) is 20.8 Å². The third-order valence-corrected chi connectivity index (χ3v) is 1.72. The van der Waals surface area contributed by atoms with Crippen molar-refractivity contribution < 1.29 is 9.59 Å². The number of Topliss-reactive ketones (excluding diaryl/α,β-unsaturated/α-hetero) is 1. The third kappa shape index (κ3) is 1.52. The fourth-order valence-electron chi connectivity index (χ4n) is 1.16. The van der Waals surface area contributed by atoms with Gasteiger partial charge in [0, 0.05) is 5.57 Å². The Balaban J connectivity index is 2.99. The molecule has 0 fully saturated rings. The molecule has 2 heteroatoms. The van der Waals surface area contributed by atoms with Crippen molar-refractivity contribution in [3.8, 4) is 0 Å². The van der Waals surface area contributed by atoms with Crippen molar-refractivity contribution in [3.05, 3.63) is 23.3 Å². The smallest absolute Gasteiger partial charge is 0.192 e. The van der Waals surface area contributed by atoms with E-state index in [-0.39, 0.29) is 17.5 Å². The summed E-state index contributed by atoms with van der Waals surface area (Å²) < 4.78 is 0. The van der Waals surface area contributed by atoms with Crippen molar-refractivity contribution in [1.29, 1.82) is 0 Å². The molecule has 0 radical (unpaired) electrons. The highest BCUT2D eigenvalue weighted by Crippen LogP contribution is 2.18. The summed E-state index contributed by atoms with van der Waals surface area (Å²) in [6.07, 6.45) is 3.12. The van der Waals surface area contributed by atoms with E-state index in [9.17, 15) is 9.59 Å². The monoisotopic (exact) mass is 164 g/mol. The Morgan fingerprint density at radius 1 is 1.33 bits per heavy atom. The lowest BCUT2D eigenvalue weighted by Gasteiger charge is -1.97. The van der Waals surface area contributed by atoms with E-state index in [1.54, 1.807) is 13.0 Å². The molecule has 1 rings (SSSR count). The molecule has 0 heterocycles. The van der Waals surface area contributed by atoms with Gasteiger partial charge in [-0.05, 0) is 18.9 Å². The summed E-state index contributed by atoms with van der Waals surface area (Å²) in [4.78, 5) is 22.5. The fraction of sp³-hybridized carbons (Fsp3) is 0.400. The standard InChI is InChI=1S/C10H12O2/c1-6(2)4-8-9(11)5-7(3)10(8)12/h4-6H,1-3H3/b8-4+. The molecule has 0 N–H and O–H groups in total. The summed E-state index contributed by atoms with van der Waals surface area (Å²) in [5.41, 5.74) is 0.884. The number of allylic oxidation sites excluding steroid dienone is 4. The Bertz CT molecular complexity index is 293. The van der Waals surface area contributed by atoms with Crippen LogP contribution in [-0.2, 0) is 9.59 Å². The van der Waals surface area contributed by atoms with Crippen LogP contribution in [0, 0.1) is 5.92 Å². The number of hydrogen-bond donors (Lipinski definition) is 0. The van der Waals surface area contributed by atoms with Gasteiger partial charge in [0.15, 0.2) is 11.6 Å². The van der Waals surface area contributed by atoms with Crippen LogP contribution < -0.4 is 0 Å². The van der Waals surface area contributed by atoms with Crippen molar-refractivity contribution in [2.24, 2.45) is 5.92 Å². The minimum atomic E-state index is -0.147. The molecule has 0 aliphatic heterocycles. The summed E-state index contributed by atoms with van der Waals surface area (Å²) in [5.74, 6) is -0.0212. The molecule has 12 heavy (non-hydrogen) atoms. The fourth-order valence-corrected chi connectivity index (χ4v) is 1.16. The average molecular weight is 164 g/mol. The van der Waals surface area contributed by atoms with Crippen LogP contribution in [-0.4, -0.2) is 11.6 Å². The second kappa shape index (κ2) is 3.05. The topological polar surface area (TPSA) is 34.1 Å². The van der Waals surface area contributed by atoms with Gasteiger partial charge in [-0.1, -0.05) is 19.9 Å². The van der Waals surface area contributed by atoms with E-state index in [2.05, 4.69) is 0 Å². The van der Waals surface area contributed by atoms with Gasteiger partial charge in [0.2, 0.25) is 0 Å². The molecule has 64 valence electrons. The van der Waals surface area contributed by atoms with E-state index in [4.69, 9.17) is 0 Å². The minimum absolute atomic E-state index is 0.117. The maximum absolute atomic E-state index is 11.3. The van der Waals surface area contributed by atoms with Crippen molar-refractivity contribution in [1.82, 2.24) is 0 Å². The Labute approximate surface area is 72.0 Å². The Hall–Kier alpha value is -1.18. The first-order valence-electron chi connectivity index (χ1n) is 4.01. The third-order valence-electron chi connectivity index (χ3n) is 1.72. The van der Waals surface area contributed by atoms with E-state index >= 15 is 0 Å². The molecule has 0 aromatic carbocycles. The van der Waals surface area contributed by atoms with E-state index in [1.807, 2.05) is 13.8 Å². The zero-order valence-electron chi connectivity index (χ0n) is 7.55. The van der Waals surface area contributed by atoms with Crippen LogP contribution in [0.2, 0.25) is 0 Å². The number of carbonyl (C=O) groups excluding carboxylic acids is 2. The number of rotatable bonds is 1. The van der Waals surface area contributed by atoms with Gasteiger partial charge < -0.3 is 0 Å². The van der Waals surface area contributed by atoms with Gasteiger partial charge in [-0.15, -0.1) is 0 Å². The highest BCUT2D eigenvalue weighted by molar-refractivity contribution is 6.35. The van der Waals surface area contributed by atoms with Crippen molar-refractivity contribution in [3.63, 3.8) is 0 Å². The quantitative estimate of drug-likeness (QED) is 0.436. The Morgan fingerprint density at radius 3 is 2.25 bits per heavy atom. The molecule has 0 aromatic heterocycles. The maximum Gasteiger partial charge on any atom is 0.192 e. The van der Waals surface area contributed by atoms with Crippen LogP contribution in [0.15, 0.2) is 23.3 Å². The van der Waals surface area contributed by atoms with Gasteiger partial charge in [-0.3, -0.25) is 9.59 Å². The molecule has 0 amide bonds. The highest BCUT2D eigenvalue weighted by atomic mass is 16.2. The first-order chi connectivity index (χ1) is 5.52. The van der Waals surface area contributed by atoms with Gasteiger partial charge in [0.25, 0.3) is 0 Å². The lowest BCUT2D eigenvalue weighted by atomic mass is 10.1. The summed E-state index contributed by atoms with van der Waals surface area (Å²) in [6.45, 7) is 5.56. The van der Waals surface area contributed by atoms with Gasteiger partial charge in [-0.2, -0.15) is 0 Å². The predicted octanol–water partition coefficient (Wildman–Crippen LogP) is 1.67. The highest BCUT2D eigenvalue weighted by Gasteiger charge is 2.24. The molecule has 2 nitrogen and oxygen atoms in total.